The van der Waals surface area contributed by atoms with E-state index < -0.39 is 28.7 Å². The Morgan fingerprint density at radius 1 is 0.955 bits per heavy atom. The summed E-state index contributed by atoms with van der Waals surface area (Å²) >= 11 is 0. The molecule has 2 N–H and O–H groups in total. The Balaban J connectivity index is 0.971. The highest BCUT2D eigenvalue weighted by atomic mass is 16.8. The highest BCUT2D eigenvalue weighted by molar-refractivity contribution is 5.85. The van der Waals surface area contributed by atoms with Gasteiger partial charge in [0.1, 0.15) is 19.0 Å². The van der Waals surface area contributed by atoms with Gasteiger partial charge >= 0.3 is 5.97 Å². The van der Waals surface area contributed by atoms with E-state index in [2.05, 4.69) is 6.92 Å². The average molecular weight is 615 g/mol. The van der Waals surface area contributed by atoms with Gasteiger partial charge in [0.15, 0.2) is 12.1 Å². The van der Waals surface area contributed by atoms with Crippen LogP contribution in [-0.4, -0.2) is 76.8 Å². The molecule has 0 aromatic heterocycles. The van der Waals surface area contributed by atoms with Gasteiger partial charge in [-0.1, -0.05) is 13.3 Å². The molecule has 9 nitrogen and oxygen atoms in total. The summed E-state index contributed by atoms with van der Waals surface area (Å²) in [6.45, 7) is 4.52. The third-order valence-electron chi connectivity index (χ3n) is 14.1. The number of aliphatic hydroxyl groups is 2. The minimum absolute atomic E-state index is 0.0600. The van der Waals surface area contributed by atoms with Crippen LogP contribution in [0.2, 0.25) is 0 Å². The molecule has 0 unspecified atom stereocenters. The van der Waals surface area contributed by atoms with Gasteiger partial charge in [0, 0.05) is 37.2 Å². The summed E-state index contributed by atoms with van der Waals surface area (Å²) in [7, 11) is 0. The van der Waals surface area contributed by atoms with Crippen molar-refractivity contribution < 1.29 is 43.5 Å². The standard InChI is InChI=1S/C35H50O9/c1-21-30-27(43-34(44-30)10-4-3-5-11-34)17-29(41-21)42-23-6-13-32(20-36)25-7-12-31(2)24(22-16-28(37)40-19-22)9-15-35(31,39)26(25)8-14-33(32,38)18-23/h16,20-21,23-27,29-30,38-39H,3-15,17-19H2,1-2H3/t21-,23+,24-,25-,26+,27-,29+,30+,31+,32-,33-,35-/m0/s1. The van der Waals surface area contributed by atoms with Crippen molar-refractivity contribution >= 4 is 12.3 Å². The molecule has 2 saturated heterocycles. The van der Waals surface area contributed by atoms with E-state index in [1.807, 2.05) is 6.92 Å². The Hall–Kier alpha value is -1.36. The number of rotatable bonds is 4. The first-order valence-electron chi connectivity index (χ1n) is 17.5. The summed E-state index contributed by atoms with van der Waals surface area (Å²) in [5.74, 6) is -0.828. The molecular formula is C35H50O9. The maximum absolute atomic E-state index is 13.2. The molecule has 7 fully saturated rings. The molecule has 0 aromatic rings. The second kappa shape index (κ2) is 10.3. The van der Waals surface area contributed by atoms with Crippen LogP contribution in [0.15, 0.2) is 11.6 Å². The van der Waals surface area contributed by atoms with Crippen molar-refractivity contribution in [3.8, 4) is 0 Å². The molecule has 8 aliphatic rings. The Morgan fingerprint density at radius 3 is 2.50 bits per heavy atom. The summed E-state index contributed by atoms with van der Waals surface area (Å²) in [5.41, 5.74) is -2.42. The number of fused-ring (bicyclic) bond motifs is 6. The molecule has 12 atom stereocenters. The fraction of sp³-hybridized carbons (Fsp3) is 0.886. The minimum atomic E-state index is -1.18. The van der Waals surface area contributed by atoms with E-state index in [-0.39, 0.29) is 53.6 Å². The van der Waals surface area contributed by atoms with Crippen LogP contribution in [0.3, 0.4) is 0 Å². The molecule has 3 heterocycles. The zero-order valence-electron chi connectivity index (χ0n) is 26.3. The molecule has 8 rings (SSSR count). The summed E-state index contributed by atoms with van der Waals surface area (Å²) in [6, 6.07) is 0. The monoisotopic (exact) mass is 614 g/mol. The van der Waals surface area contributed by atoms with Crippen molar-refractivity contribution in [1.82, 2.24) is 0 Å². The molecule has 5 aliphatic carbocycles. The Bertz CT molecular complexity index is 1210. The average Bonchev–Trinajstić information content (AvgIpc) is 3.66. The lowest BCUT2D eigenvalue weighted by molar-refractivity contribution is -0.278. The van der Waals surface area contributed by atoms with Gasteiger partial charge in [-0.3, -0.25) is 0 Å². The van der Waals surface area contributed by atoms with Gasteiger partial charge in [-0.2, -0.15) is 0 Å². The summed E-state index contributed by atoms with van der Waals surface area (Å²) in [6.07, 6.45) is 13.4. The predicted octanol–water partition coefficient (Wildman–Crippen LogP) is 4.50. The summed E-state index contributed by atoms with van der Waals surface area (Å²) < 4.78 is 31.2. The molecule has 0 amide bonds. The van der Waals surface area contributed by atoms with Crippen molar-refractivity contribution in [3.05, 3.63) is 11.6 Å². The van der Waals surface area contributed by atoms with Crippen molar-refractivity contribution in [1.29, 1.82) is 0 Å². The zero-order chi connectivity index (χ0) is 30.5. The van der Waals surface area contributed by atoms with Crippen LogP contribution in [0, 0.1) is 28.6 Å². The van der Waals surface area contributed by atoms with Crippen LogP contribution in [0.4, 0.5) is 0 Å². The fourth-order valence-electron chi connectivity index (χ4n) is 11.9. The quantitative estimate of drug-likeness (QED) is 0.268. The SMILES string of the molecule is C[C@@H]1O[C@H](O[C@@H]2CC[C@]3(C=O)[C@H]4CC[C@]5(C)[C@H](C6=CC(=O)OC6)CC[C@]5(O)[C@@H]4CC[C@]3(O)C2)C[C@@H]2OC3(CCCCC3)O[C@H]12. The highest BCUT2D eigenvalue weighted by Gasteiger charge is 2.71. The van der Waals surface area contributed by atoms with E-state index in [0.29, 0.717) is 51.6 Å². The third-order valence-corrected chi connectivity index (χ3v) is 14.1. The first-order valence-corrected chi connectivity index (χ1v) is 17.5. The maximum atomic E-state index is 13.2. The topological polar surface area (TPSA) is 121 Å². The van der Waals surface area contributed by atoms with Gasteiger partial charge in [0.05, 0.1) is 34.9 Å². The minimum Gasteiger partial charge on any atom is -0.458 e. The van der Waals surface area contributed by atoms with Crippen LogP contribution in [-0.2, 0) is 33.3 Å². The van der Waals surface area contributed by atoms with Gasteiger partial charge in [-0.25, -0.2) is 4.79 Å². The molecule has 244 valence electrons. The highest BCUT2D eigenvalue weighted by Crippen LogP contribution is 2.70. The van der Waals surface area contributed by atoms with Crippen molar-refractivity contribution in [3.63, 3.8) is 0 Å². The van der Waals surface area contributed by atoms with Crippen molar-refractivity contribution in [2.24, 2.45) is 28.6 Å². The largest absolute Gasteiger partial charge is 0.458 e. The Labute approximate surface area is 260 Å². The molecule has 0 radical (unpaired) electrons. The first-order chi connectivity index (χ1) is 21.0. The predicted molar refractivity (Wildman–Crippen MR) is 157 cm³/mol. The molecule has 9 heteroatoms. The van der Waals surface area contributed by atoms with Gasteiger partial charge in [0.2, 0.25) is 0 Å². The maximum Gasteiger partial charge on any atom is 0.331 e. The van der Waals surface area contributed by atoms with E-state index in [1.54, 1.807) is 6.08 Å². The smallest absolute Gasteiger partial charge is 0.331 e. The summed E-state index contributed by atoms with van der Waals surface area (Å²) in [5, 5.41) is 24.8. The second-order valence-corrected chi connectivity index (χ2v) is 16.0. The number of cyclic esters (lactones) is 1. The van der Waals surface area contributed by atoms with Crippen LogP contribution in [0.1, 0.15) is 110 Å². The number of carbonyl (C=O) groups excluding carboxylic acids is 2. The molecule has 5 saturated carbocycles. The van der Waals surface area contributed by atoms with E-state index in [9.17, 15) is 19.8 Å². The summed E-state index contributed by atoms with van der Waals surface area (Å²) in [4.78, 5) is 25.1. The number of hydrogen-bond acceptors (Lipinski definition) is 9. The number of carbonyl (C=O) groups is 2. The van der Waals surface area contributed by atoms with Crippen LogP contribution >= 0.6 is 0 Å². The van der Waals surface area contributed by atoms with Crippen molar-refractivity contribution in [2.45, 2.75) is 158 Å². The molecule has 3 aliphatic heterocycles. The van der Waals surface area contributed by atoms with E-state index in [0.717, 1.165) is 56.8 Å². The number of esters is 1. The lowest BCUT2D eigenvalue weighted by Crippen LogP contribution is -2.69. The molecule has 44 heavy (non-hydrogen) atoms. The Kier molecular flexibility index (Phi) is 7.04. The molecule has 0 bridgehead atoms. The fourth-order valence-corrected chi connectivity index (χ4v) is 11.9. The number of aldehydes is 1. The lowest BCUT2D eigenvalue weighted by atomic mass is 9.41. The third kappa shape index (κ3) is 4.18. The van der Waals surface area contributed by atoms with Gasteiger partial charge in [-0.05, 0) is 94.5 Å². The van der Waals surface area contributed by atoms with Crippen LogP contribution in [0.5, 0.6) is 0 Å². The van der Waals surface area contributed by atoms with E-state index >= 15 is 0 Å². The first kappa shape index (κ1) is 30.0. The van der Waals surface area contributed by atoms with Gasteiger partial charge < -0.3 is 38.7 Å². The van der Waals surface area contributed by atoms with Gasteiger partial charge in [0.25, 0.3) is 0 Å². The normalized spacial score (nSPS) is 52.8. The number of hydrogen-bond donors (Lipinski definition) is 2. The Morgan fingerprint density at radius 2 is 1.75 bits per heavy atom. The molecular weight excluding hydrogens is 564 g/mol. The lowest BCUT2D eigenvalue weighted by Gasteiger charge is -2.65. The van der Waals surface area contributed by atoms with Crippen LogP contribution in [0.25, 0.3) is 0 Å². The second-order valence-electron chi connectivity index (χ2n) is 16.0. The zero-order valence-corrected chi connectivity index (χ0v) is 26.3. The van der Waals surface area contributed by atoms with E-state index in [4.69, 9.17) is 23.7 Å². The molecule has 0 aromatic carbocycles. The number of ether oxygens (including phenoxy) is 5. The van der Waals surface area contributed by atoms with Gasteiger partial charge in [-0.15, -0.1) is 0 Å². The van der Waals surface area contributed by atoms with Crippen LogP contribution < -0.4 is 0 Å². The molecule has 1 spiro atoms. The van der Waals surface area contributed by atoms with E-state index in [1.165, 1.54) is 6.42 Å². The van der Waals surface area contributed by atoms with Crippen molar-refractivity contribution in [2.75, 3.05) is 6.61 Å².